The average molecular weight is 371 g/mol. The predicted molar refractivity (Wildman–Crippen MR) is 112 cm³/mol. The van der Waals surface area contributed by atoms with Crippen molar-refractivity contribution in [2.75, 3.05) is 4.90 Å². The minimum absolute atomic E-state index is 0.00181. The molecule has 0 spiro atoms. The molecule has 26 heavy (non-hydrogen) atoms. The van der Waals surface area contributed by atoms with Crippen molar-refractivity contribution in [2.24, 2.45) is 0 Å². The van der Waals surface area contributed by atoms with E-state index >= 15 is 0 Å². The van der Waals surface area contributed by atoms with Gasteiger partial charge in [0.15, 0.2) is 0 Å². The Kier molecular flexibility index (Phi) is 6.87. The van der Waals surface area contributed by atoms with Crippen molar-refractivity contribution in [3.63, 3.8) is 0 Å². The summed E-state index contributed by atoms with van der Waals surface area (Å²) in [6, 6.07) is 7.33. The second kappa shape index (κ2) is 8.91. The molecule has 2 rings (SSSR count). The van der Waals surface area contributed by atoms with E-state index in [1.165, 1.54) is 0 Å². The molecule has 1 aromatic carbocycles. The van der Waals surface area contributed by atoms with Gasteiger partial charge in [-0.3, -0.25) is 9.80 Å². The summed E-state index contributed by atoms with van der Waals surface area (Å²) in [4.78, 5) is 17.0. The lowest BCUT2D eigenvalue weighted by molar-refractivity contribution is 0.224. The van der Waals surface area contributed by atoms with Crippen LogP contribution in [0.3, 0.4) is 0 Å². The maximum atomic E-state index is 13.3. The summed E-state index contributed by atoms with van der Waals surface area (Å²) >= 11 is 6.02. The van der Waals surface area contributed by atoms with Crippen LogP contribution in [0.2, 0.25) is 5.02 Å². The van der Waals surface area contributed by atoms with Crippen molar-refractivity contribution in [1.82, 2.24) is 4.90 Å². The number of halogens is 1. The number of allylic oxidation sites excluding steroid dienone is 5. The van der Waals surface area contributed by atoms with Crippen molar-refractivity contribution in [1.29, 1.82) is 0 Å². The molecular weight excluding hydrogens is 344 g/mol. The van der Waals surface area contributed by atoms with Crippen LogP contribution in [0.4, 0.5) is 10.5 Å². The zero-order valence-corrected chi connectivity index (χ0v) is 16.7. The molecule has 0 saturated carbocycles. The van der Waals surface area contributed by atoms with Gasteiger partial charge < -0.3 is 0 Å². The second-order valence-corrected chi connectivity index (χ2v) is 6.90. The van der Waals surface area contributed by atoms with Gasteiger partial charge in [0.05, 0.1) is 12.1 Å². The first kappa shape index (κ1) is 20.1. The predicted octanol–water partition coefficient (Wildman–Crippen LogP) is 6.34. The maximum absolute atomic E-state index is 13.3. The Labute approximate surface area is 161 Å². The molecule has 0 N–H and O–H groups in total. The van der Waals surface area contributed by atoms with Crippen molar-refractivity contribution >= 4 is 23.3 Å². The molecule has 3 nitrogen and oxygen atoms in total. The van der Waals surface area contributed by atoms with E-state index < -0.39 is 0 Å². The fraction of sp³-hybridized carbons (Fsp3) is 0.318. The lowest BCUT2D eigenvalue weighted by atomic mass is 10.1. The van der Waals surface area contributed by atoms with Crippen LogP contribution in [-0.2, 0) is 0 Å². The minimum Gasteiger partial charge on any atom is -0.289 e. The van der Waals surface area contributed by atoms with E-state index in [9.17, 15) is 4.79 Å². The van der Waals surface area contributed by atoms with E-state index in [2.05, 4.69) is 32.6 Å². The molecule has 138 valence electrons. The maximum Gasteiger partial charge on any atom is 0.329 e. The highest BCUT2D eigenvalue weighted by Crippen LogP contribution is 2.33. The van der Waals surface area contributed by atoms with Crippen LogP contribution in [0.15, 0.2) is 72.5 Å². The van der Waals surface area contributed by atoms with E-state index in [0.29, 0.717) is 5.02 Å². The second-order valence-electron chi connectivity index (χ2n) is 6.46. The Balaban J connectivity index is 2.46. The summed E-state index contributed by atoms with van der Waals surface area (Å²) < 4.78 is 0. The van der Waals surface area contributed by atoms with E-state index in [4.69, 9.17) is 11.6 Å². The standard InChI is InChI=1S/C22H27ClN2O/c1-6-8-9-21-17(5)24(19(7-2)13-10-16(3)4)22(26)25(21)20-14-11-18(23)12-15-20/h7-15,17,21H,3,6H2,1-2,4-5H3/b9-8+,13-10-,19-7+. The summed E-state index contributed by atoms with van der Waals surface area (Å²) in [5.74, 6) is 0. The van der Waals surface area contributed by atoms with Gasteiger partial charge in [-0.25, -0.2) is 4.79 Å². The van der Waals surface area contributed by atoms with Crippen LogP contribution in [0.25, 0.3) is 0 Å². The summed E-state index contributed by atoms with van der Waals surface area (Å²) in [5, 5.41) is 0.657. The largest absolute Gasteiger partial charge is 0.329 e. The molecule has 0 radical (unpaired) electrons. The molecule has 2 atom stereocenters. The number of urea groups is 1. The van der Waals surface area contributed by atoms with Gasteiger partial charge in [-0.15, -0.1) is 0 Å². The van der Waals surface area contributed by atoms with Gasteiger partial charge >= 0.3 is 6.03 Å². The molecular formula is C22H27ClN2O. The molecule has 0 aliphatic carbocycles. The first-order chi connectivity index (χ1) is 12.4. The number of rotatable bonds is 6. The van der Waals surface area contributed by atoms with Crippen LogP contribution in [-0.4, -0.2) is 23.0 Å². The normalized spacial score (nSPS) is 21.4. The number of hydrogen-bond acceptors (Lipinski definition) is 1. The molecule has 4 heteroatoms. The molecule has 1 aromatic rings. The van der Waals surface area contributed by atoms with Gasteiger partial charge in [-0.05, 0) is 57.5 Å². The van der Waals surface area contributed by atoms with E-state index in [1.54, 1.807) is 0 Å². The Morgan fingerprint density at radius 3 is 2.46 bits per heavy atom. The first-order valence-corrected chi connectivity index (χ1v) is 9.33. The fourth-order valence-corrected chi connectivity index (χ4v) is 3.21. The fourth-order valence-electron chi connectivity index (χ4n) is 3.08. The topological polar surface area (TPSA) is 23.6 Å². The number of benzene rings is 1. The summed E-state index contributed by atoms with van der Waals surface area (Å²) in [7, 11) is 0. The molecule has 0 aromatic heterocycles. The molecule has 2 unspecified atom stereocenters. The van der Waals surface area contributed by atoms with Crippen LogP contribution in [0.5, 0.6) is 0 Å². The Morgan fingerprint density at radius 1 is 1.27 bits per heavy atom. The van der Waals surface area contributed by atoms with Crippen molar-refractivity contribution < 1.29 is 4.79 Å². The van der Waals surface area contributed by atoms with Gasteiger partial charge in [0.2, 0.25) is 0 Å². The number of amides is 2. The smallest absolute Gasteiger partial charge is 0.289 e. The minimum atomic E-state index is -0.0446. The van der Waals surface area contributed by atoms with Crippen molar-refractivity contribution in [2.45, 2.75) is 46.2 Å². The summed E-state index contributed by atoms with van der Waals surface area (Å²) in [5.41, 5.74) is 2.66. The number of carbonyl (C=O) groups excluding carboxylic acids is 1. The Morgan fingerprint density at radius 2 is 1.92 bits per heavy atom. The molecule has 1 heterocycles. The molecule has 1 aliphatic heterocycles. The van der Waals surface area contributed by atoms with Crippen LogP contribution in [0, 0.1) is 0 Å². The quantitative estimate of drug-likeness (QED) is 0.423. The first-order valence-electron chi connectivity index (χ1n) is 8.95. The number of nitrogens with zero attached hydrogens (tertiary/aromatic N) is 2. The highest BCUT2D eigenvalue weighted by Gasteiger charge is 2.43. The van der Waals surface area contributed by atoms with Crippen LogP contribution < -0.4 is 4.90 Å². The third kappa shape index (κ3) is 4.28. The van der Waals surface area contributed by atoms with Gasteiger partial charge in [-0.2, -0.15) is 0 Å². The molecule has 0 bridgehead atoms. The van der Waals surface area contributed by atoms with Crippen molar-refractivity contribution in [3.05, 3.63) is 77.5 Å². The van der Waals surface area contributed by atoms with Crippen LogP contribution in [0.1, 0.15) is 34.1 Å². The molecule has 2 amide bonds. The monoisotopic (exact) mass is 370 g/mol. The number of hydrogen-bond donors (Lipinski definition) is 0. The Bertz CT molecular complexity index is 746. The van der Waals surface area contributed by atoms with Gasteiger partial charge in [0.25, 0.3) is 0 Å². The third-order valence-electron chi connectivity index (χ3n) is 4.40. The van der Waals surface area contributed by atoms with E-state index in [-0.39, 0.29) is 18.1 Å². The summed E-state index contributed by atoms with van der Waals surface area (Å²) in [6.45, 7) is 12.0. The average Bonchev–Trinajstić information content (AvgIpc) is 2.85. The zero-order valence-electron chi connectivity index (χ0n) is 15.9. The third-order valence-corrected chi connectivity index (χ3v) is 4.65. The lowest BCUT2D eigenvalue weighted by Gasteiger charge is -2.23. The molecule has 1 fully saturated rings. The lowest BCUT2D eigenvalue weighted by Crippen LogP contribution is -2.34. The van der Waals surface area contributed by atoms with Crippen LogP contribution >= 0.6 is 11.6 Å². The van der Waals surface area contributed by atoms with E-state index in [0.717, 1.165) is 23.4 Å². The molecule has 1 aliphatic rings. The zero-order chi connectivity index (χ0) is 19.3. The number of anilines is 1. The van der Waals surface area contributed by atoms with Gasteiger partial charge in [0.1, 0.15) is 0 Å². The summed E-state index contributed by atoms with van der Waals surface area (Å²) in [6.07, 6.45) is 11.0. The van der Waals surface area contributed by atoms with E-state index in [1.807, 2.05) is 66.1 Å². The highest BCUT2D eigenvalue weighted by atomic mass is 35.5. The number of carbonyl (C=O) groups is 1. The van der Waals surface area contributed by atoms with Crippen molar-refractivity contribution in [3.8, 4) is 0 Å². The SMILES string of the molecule is C=C(C)/C=C\C(=C/C)N1C(=O)N(c2ccc(Cl)cc2)C(/C=C/CC)C1C. The molecule has 1 saturated heterocycles. The highest BCUT2D eigenvalue weighted by molar-refractivity contribution is 6.30. The van der Waals surface area contributed by atoms with Gasteiger partial charge in [0, 0.05) is 16.4 Å². The van der Waals surface area contributed by atoms with Gasteiger partial charge in [-0.1, -0.05) is 55.0 Å². The Hall–Kier alpha value is -2.26.